The lowest BCUT2D eigenvalue weighted by atomic mass is 9.97. The molecule has 55 heavy (non-hydrogen) atoms. The molecule has 0 saturated carbocycles. The Morgan fingerprint density at radius 3 is 2.22 bits per heavy atom. The van der Waals surface area contributed by atoms with Crippen LogP contribution in [0.4, 0.5) is 0 Å². The van der Waals surface area contributed by atoms with Gasteiger partial charge in [-0.15, -0.1) is 0 Å². The number of pyridine rings is 2. The number of fused-ring (bicyclic) bond motifs is 1. The van der Waals surface area contributed by atoms with Crippen LogP contribution in [0.5, 0.6) is 17.4 Å². The van der Waals surface area contributed by atoms with Crippen molar-refractivity contribution in [3.63, 3.8) is 0 Å². The highest BCUT2D eigenvalue weighted by molar-refractivity contribution is 6.39. The first-order chi connectivity index (χ1) is 26.8. The van der Waals surface area contributed by atoms with Gasteiger partial charge < -0.3 is 30.2 Å². The van der Waals surface area contributed by atoms with Gasteiger partial charge >= 0.3 is 0 Å². The van der Waals surface area contributed by atoms with Crippen LogP contribution < -0.4 is 35.7 Å². The molecule has 0 bridgehead atoms. The standard InChI is InChI=1S/C42H40Cl2N6O5/c1-53-30-13-10-26(36(19-30)54-2)20-45-22-28-23-47-37-18-25(16-17-50(37)42(28)52)31-6-4-7-32(39(31)43)33-8-5-9-34(40(33)44)35-14-11-27(41(49-35)55-3)21-46-24-29-12-15-38(51)48-29/h4-11,13-14,16-19,23,29,45-46H,12,15,20-22,24H2,1-3H3,(H,48,51)/t29-/m0/s1. The van der Waals surface area contributed by atoms with E-state index in [1.54, 1.807) is 33.7 Å². The number of halogens is 2. The maximum atomic E-state index is 13.5. The van der Waals surface area contributed by atoms with E-state index in [9.17, 15) is 9.59 Å². The minimum atomic E-state index is -0.164. The van der Waals surface area contributed by atoms with Crippen molar-refractivity contribution in [2.75, 3.05) is 27.9 Å². The first-order valence-corrected chi connectivity index (χ1v) is 18.6. The summed E-state index contributed by atoms with van der Waals surface area (Å²) in [5, 5.41) is 10.7. The summed E-state index contributed by atoms with van der Waals surface area (Å²) in [6, 6.07) is 24.9. The van der Waals surface area contributed by atoms with Crippen molar-refractivity contribution in [2.24, 2.45) is 0 Å². The monoisotopic (exact) mass is 778 g/mol. The average Bonchev–Trinajstić information content (AvgIpc) is 3.63. The first kappa shape index (κ1) is 37.8. The molecule has 0 radical (unpaired) electrons. The van der Waals surface area contributed by atoms with Crippen molar-refractivity contribution >= 4 is 34.8 Å². The van der Waals surface area contributed by atoms with Crippen LogP contribution in [-0.4, -0.2) is 54.2 Å². The van der Waals surface area contributed by atoms with Gasteiger partial charge in [-0.3, -0.25) is 14.0 Å². The lowest BCUT2D eigenvalue weighted by Crippen LogP contribution is -2.35. The molecular formula is C42H40Cl2N6O5. The van der Waals surface area contributed by atoms with Gasteiger partial charge in [0.2, 0.25) is 11.8 Å². The number of nitrogens with one attached hydrogen (secondary N) is 3. The van der Waals surface area contributed by atoms with Crippen molar-refractivity contribution in [1.82, 2.24) is 30.3 Å². The number of ether oxygens (including phenoxy) is 3. The number of nitrogens with zero attached hydrogens (tertiary/aromatic N) is 3. The molecule has 3 aromatic carbocycles. The Labute approximate surface area is 328 Å². The summed E-state index contributed by atoms with van der Waals surface area (Å²) in [6.45, 7) is 2.03. The fraction of sp³-hybridized carbons (Fsp3) is 0.238. The Morgan fingerprint density at radius 1 is 0.782 bits per heavy atom. The second-order valence-corrected chi connectivity index (χ2v) is 13.9. The highest BCUT2D eigenvalue weighted by atomic mass is 35.5. The van der Waals surface area contributed by atoms with Crippen LogP contribution in [0.1, 0.15) is 29.5 Å². The Hall–Kier alpha value is -5.46. The van der Waals surface area contributed by atoms with Crippen molar-refractivity contribution in [2.45, 2.75) is 38.5 Å². The van der Waals surface area contributed by atoms with Crippen LogP contribution in [0.15, 0.2) is 96.1 Å². The van der Waals surface area contributed by atoms with E-state index in [1.165, 1.54) is 4.40 Å². The second kappa shape index (κ2) is 16.9. The van der Waals surface area contributed by atoms with E-state index in [1.807, 2.05) is 78.9 Å². The molecule has 282 valence electrons. The van der Waals surface area contributed by atoms with E-state index in [0.29, 0.717) is 76.9 Å². The number of carbonyl (C=O) groups excluding carboxylic acids is 1. The Kier molecular flexibility index (Phi) is 11.6. The average molecular weight is 780 g/mol. The van der Waals surface area contributed by atoms with Crippen molar-refractivity contribution in [3.05, 3.63) is 128 Å². The highest BCUT2D eigenvalue weighted by Crippen LogP contribution is 2.42. The molecule has 11 nitrogen and oxygen atoms in total. The van der Waals surface area contributed by atoms with Gasteiger partial charge in [0.1, 0.15) is 17.1 Å². The molecule has 4 heterocycles. The van der Waals surface area contributed by atoms with Gasteiger partial charge in [0.25, 0.3) is 5.56 Å². The smallest absolute Gasteiger partial charge is 0.262 e. The normalized spacial score (nSPS) is 13.9. The van der Waals surface area contributed by atoms with Gasteiger partial charge in [0.15, 0.2) is 0 Å². The van der Waals surface area contributed by atoms with E-state index in [-0.39, 0.29) is 17.5 Å². The fourth-order valence-electron chi connectivity index (χ4n) is 6.77. The van der Waals surface area contributed by atoms with E-state index in [2.05, 4.69) is 20.9 Å². The lowest BCUT2D eigenvalue weighted by molar-refractivity contribution is -0.119. The number of hydrogen-bond donors (Lipinski definition) is 3. The predicted molar refractivity (Wildman–Crippen MR) is 215 cm³/mol. The van der Waals surface area contributed by atoms with Crippen molar-refractivity contribution < 1.29 is 19.0 Å². The van der Waals surface area contributed by atoms with Crippen LogP contribution in [0.3, 0.4) is 0 Å². The molecule has 13 heteroatoms. The topological polar surface area (TPSA) is 128 Å². The third kappa shape index (κ3) is 8.16. The van der Waals surface area contributed by atoms with Gasteiger partial charge in [-0.2, -0.15) is 0 Å². The first-order valence-electron chi connectivity index (χ1n) is 17.8. The number of aromatic nitrogens is 3. The number of hydrogen-bond acceptors (Lipinski definition) is 9. The maximum absolute atomic E-state index is 13.5. The lowest BCUT2D eigenvalue weighted by Gasteiger charge is -2.16. The van der Waals surface area contributed by atoms with Crippen molar-refractivity contribution in [1.29, 1.82) is 0 Å². The molecule has 0 unspecified atom stereocenters. The number of benzene rings is 3. The summed E-state index contributed by atoms with van der Waals surface area (Å²) in [5.41, 5.74) is 7.15. The summed E-state index contributed by atoms with van der Waals surface area (Å²) < 4.78 is 18.0. The summed E-state index contributed by atoms with van der Waals surface area (Å²) in [5.74, 6) is 1.99. The van der Waals surface area contributed by atoms with Gasteiger partial charge in [0.05, 0.1) is 42.6 Å². The quantitative estimate of drug-likeness (QED) is 0.106. The summed E-state index contributed by atoms with van der Waals surface area (Å²) in [6.07, 6.45) is 4.71. The molecule has 3 N–H and O–H groups in total. The zero-order valence-corrected chi connectivity index (χ0v) is 32.1. The van der Waals surface area contributed by atoms with E-state index in [0.717, 1.165) is 45.4 Å². The van der Waals surface area contributed by atoms with E-state index >= 15 is 0 Å². The fourth-order valence-corrected chi connectivity index (χ4v) is 7.44. The largest absolute Gasteiger partial charge is 0.497 e. The minimum absolute atomic E-state index is 0.0920. The molecule has 0 aliphatic carbocycles. The Bertz CT molecular complexity index is 2440. The van der Waals surface area contributed by atoms with Gasteiger partial charge in [0, 0.05) is 90.5 Å². The van der Waals surface area contributed by atoms with Crippen LogP contribution in [0.2, 0.25) is 10.0 Å². The number of amides is 1. The number of carbonyl (C=O) groups is 1. The molecule has 1 amide bonds. The highest BCUT2D eigenvalue weighted by Gasteiger charge is 2.21. The zero-order chi connectivity index (χ0) is 38.5. The van der Waals surface area contributed by atoms with Gasteiger partial charge in [-0.1, -0.05) is 71.7 Å². The molecule has 1 saturated heterocycles. The van der Waals surface area contributed by atoms with Gasteiger partial charge in [-0.05, 0) is 36.2 Å². The summed E-state index contributed by atoms with van der Waals surface area (Å²) in [4.78, 5) is 34.4. The molecule has 1 atom stereocenters. The molecule has 3 aromatic heterocycles. The molecule has 1 aliphatic rings. The third-order valence-electron chi connectivity index (χ3n) is 9.70. The minimum Gasteiger partial charge on any atom is -0.497 e. The van der Waals surface area contributed by atoms with Crippen molar-refractivity contribution in [3.8, 4) is 50.9 Å². The predicted octanol–water partition coefficient (Wildman–Crippen LogP) is 7.08. The van der Waals surface area contributed by atoms with Crippen LogP contribution in [0, 0.1) is 0 Å². The molecule has 7 rings (SSSR count). The molecule has 1 fully saturated rings. The van der Waals surface area contributed by atoms with Gasteiger partial charge in [-0.25, -0.2) is 9.97 Å². The molecule has 0 spiro atoms. The van der Waals surface area contributed by atoms with Crippen LogP contribution >= 0.6 is 23.2 Å². The number of methoxy groups -OCH3 is 3. The maximum Gasteiger partial charge on any atom is 0.262 e. The summed E-state index contributed by atoms with van der Waals surface area (Å²) >= 11 is 14.2. The second-order valence-electron chi connectivity index (χ2n) is 13.1. The molecule has 1 aliphatic heterocycles. The molecule has 6 aromatic rings. The SMILES string of the molecule is COc1ccc(CNCc2cnc3cc(-c4cccc(-c5cccc(-c6ccc(CNC[C@@H]7CCC(=O)N7)c(OC)n6)c5Cl)c4Cl)ccn3c2=O)c(OC)c1. The third-order valence-corrected chi connectivity index (χ3v) is 10.5. The van der Waals surface area contributed by atoms with Crippen LogP contribution in [0.25, 0.3) is 39.2 Å². The Morgan fingerprint density at radius 2 is 1.49 bits per heavy atom. The van der Waals surface area contributed by atoms with Crippen LogP contribution in [-0.2, 0) is 24.4 Å². The summed E-state index contributed by atoms with van der Waals surface area (Å²) in [7, 11) is 4.81. The Balaban J connectivity index is 1.09. The number of rotatable bonds is 14. The molecular weight excluding hydrogens is 739 g/mol. The van der Waals surface area contributed by atoms with E-state index in [4.69, 9.17) is 42.4 Å². The zero-order valence-electron chi connectivity index (χ0n) is 30.6. The van der Waals surface area contributed by atoms with E-state index < -0.39 is 0 Å².